The van der Waals surface area contributed by atoms with Crippen molar-refractivity contribution in [3.05, 3.63) is 90.3 Å². The molecule has 1 fully saturated rings. The molecule has 0 bridgehead atoms. The van der Waals surface area contributed by atoms with Crippen LogP contribution in [0.4, 0.5) is 0 Å². The second-order valence-electron chi connectivity index (χ2n) is 8.04. The van der Waals surface area contributed by atoms with Crippen LogP contribution in [0.15, 0.2) is 64.3 Å². The minimum absolute atomic E-state index is 0.232. The van der Waals surface area contributed by atoms with Gasteiger partial charge in [0.05, 0.1) is 13.2 Å². The van der Waals surface area contributed by atoms with Crippen molar-refractivity contribution in [3.8, 4) is 11.1 Å². The lowest BCUT2D eigenvalue weighted by atomic mass is 9.79. The second kappa shape index (κ2) is 8.23. The zero-order chi connectivity index (χ0) is 22.5. The highest BCUT2D eigenvalue weighted by Crippen LogP contribution is 2.46. The van der Waals surface area contributed by atoms with E-state index in [-0.39, 0.29) is 6.61 Å². The Morgan fingerprint density at radius 1 is 1.19 bits per heavy atom. The first-order valence-electron chi connectivity index (χ1n) is 10.2. The van der Waals surface area contributed by atoms with Crippen LogP contribution in [0.2, 0.25) is 0 Å². The first-order chi connectivity index (χ1) is 15.4. The Kier molecular flexibility index (Phi) is 5.54. The number of ether oxygens (including phenoxy) is 2. The first-order valence-corrected chi connectivity index (χ1v) is 11.3. The summed E-state index contributed by atoms with van der Waals surface area (Å²) in [6.45, 7) is -0.164. The Morgan fingerprint density at radius 3 is 2.69 bits per heavy atom. The van der Waals surface area contributed by atoms with Gasteiger partial charge in [0.2, 0.25) is 0 Å². The fourth-order valence-corrected chi connectivity index (χ4v) is 5.36. The number of nitrogens with zero attached hydrogens (tertiary/aromatic N) is 1. The van der Waals surface area contributed by atoms with Crippen LogP contribution >= 0.6 is 22.6 Å². The summed E-state index contributed by atoms with van der Waals surface area (Å²) in [6, 6.07) is 15.3. The number of hydrogen-bond acceptors (Lipinski definition) is 6. The predicted octanol–water partition coefficient (Wildman–Crippen LogP) is 1.57. The molecule has 2 aliphatic rings. The second-order valence-corrected chi connectivity index (χ2v) is 9.28. The molecule has 3 N–H and O–H groups in total. The van der Waals surface area contributed by atoms with Crippen LogP contribution in [0.1, 0.15) is 17.4 Å². The topological polar surface area (TPSA) is 114 Å². The molecule has 1 saturated heterocycles. The summed E-state index contributed by atoms with van der Waals surface area (Å²) < 4.78 is 14.3. The van der Waals surface area contributed by atoms with Crippen molar-refractivity contribution in [2.75, 3.05) is 6.61 Å². The lowest BCUT2D eigenvalue weighted by molar-refractivity contribution is -0.152. The van der Waals surface area contributed by atoms with Crippen LogP contribution in [0.3, 0.4) is 0 Å². The molecule has 2 aromatic carbocycles. The average molecular weight is 548 g/mol. The van der Waals surface area contributed by atoms with Gasteiger partial charge in [-0.3, -0.25) is 14.3 Å². The summed E-state index contributed by atoms with van der Waals surface area (Å²) in [5.74, 6) is 0. The molecule has 0 radical (unpaired) electrons. The number of fused-ring (bicyclic) bond motifs is 1. The summed E-state index contributed by atoms with van der Waals surface area (Å²) in [5.41, 5.74) is 1.60. The van der Waals surface area contributed by atoms with Crippen molar-refractivity contribution in [1.29, 1.82) is 0 Å². The maximum atomic E-state index is 12.3. The SMILES string of the molecule is O=c1ccn([C@@H]2O[C@H](CO)[C@]3(Cc4c(cc(I)cc4-c4ccccc4)CO3)[C@H]2O)c(=O)[nH]1. The zero-order valence-corrected chi connectivity index (χ0v) is 19.1. The highest BCUT2D eigenvalue weighted by molar-refractivity contribution is 14.1. The van der Waals surface area contributed by atoms with E-state index in [0.717, 1.165) is 30.4 Å². The number of aliphatic hydroxyl groups excluding tert-OH is 2. The van der Waals surface area contributed by atoms with Crippen LogP contribution in [-0.2, 0) is 22.5 Å². The summed E-state index contributed by atoms with van der Waals surface area (Å²) in [7, 11) is 0. The maximum Gasteiger partial charge on any atom is 0.330 e. The number of aromatic amines is 1. The van der Waals surface area contributed by atoms with E-state index < -0.39 is 41.9 Å². The minimum atomic E-state index is -1.25. The number of aromatic nitrogens is 2. The summed E-state index contributed by atoms with van der Waals surface area (Å²) in [5, 5.41) is 21.4. The Morgan fingerprint density at radius 2 is 1.97 bits per heavy atom. The number of H-pyrrole nitrogens is 1. The number of nitrogens with one attached hydrogen (secondary N) is 1. The Hall–Kier alpha value is -2.31. The number of aliphatic hydroxyl groups is 2. The van der Waals surface area contributed by atoms with Crippen molar-refractivity contribution in [2.45, 2.75) is 37.1 Å². The van der Waals surface area contributed by atoms with Gasteiger partial charge in [0.1, 0.15) is 17.8 Å². The average Bonchev–Trinajstić information content (AvgIpc) is 3.05. The van der Waals surface area contributed by atoms with Crippen molar-refractivity contribution >= 4 is 22.6 Å². The van der Waals surface area contributed by atoms with E-state index >= 15 is 0 Å². The zero-order valence-electron chi connectivity index (χ0n) is 16.9. The molecule has 0 amide bonds. The van der Waals surface area contributed by atoms with Crippen molar-refractivity contribution in [2.24, 2.45) is 0 Å². The first kappa shape index (κ1) is 21.5. The van der Waals surface area contributed by atoms with Crippen LogP contribution in [-0.4, -0.2) is 44.2 Å². The van der Waals surface area contributed by atoms with Crippen LogP contribution < -0.4 is 11.2 Å². The molecule has 0 unspecified atom stereocenters. The van der Waals surface area contributed by atoms with Crippen molar-refractivity contribution < 1.29 is 19.7 Å². The van der Waals surface area contributed by atoms with E-state index in [4.69, 9.17) is 9.47 Å². The molecule has 3 heterocycles. The minimum Gasteiger partial charge on any atom is -0.394 e. The summed E-state index contributed by atoms with van der Waals surface area (Å²) in [6.07, 6.45) is -1.65. The smallest absolute Gasteiger partial charge is 0.330 e. The van der Waals surface area contributed by atoms with Crippen LogP contribution in [0, 0.1) is 3.57 Å². The van der Waals surface area contributed by atoms with Crippen LogP contribution in [0.25, 0.3) is 11.1 Å². The molecule has 166 valence electrons. The highest BCUT2D eigenvalue weighted by Gasteiger charge is 2.59. The number of rotatable bonds is 3. The molecule has 32 heavy (non-hydrogen) atoms. The molecule has 0 aliphatic carbocycles. The molecule has 5 rings (SSSR count). The summed E-state index contributed by atoms with van der Waals surface area (Å²) >= 11 is 2.27. The van der Waals surface area contributed by atoms with E-state index in [1.54, 1.807) is 0 Å². The molecule has 8 nitrogen and oxygen atoms in total. The maximum absolute atomic E-state index is 12.3. The third-order valence-electron chi connectivity index (χ3n) is 6.25. The molecular weight excluding hydrogens is 527 g/mol. The van der Waals surface area contributed by atoms with E-state index in [1.807, 2.05) is 30.3 Å². The number of benzene rings is 2. The summed E-state index contributed by atoms with van der Waals surface area (Å²) in [4.78, 5) is 25.9. The van der Waals surface area contributed by atoms with Gasteiger partial charge in [0.15, 0.2) is 6.23 Å². The Bertz CT molecular complexity index is 1270. The van der Waals surface area contributed by atoms with Gasteiger partial charge in [0.25, 0.3) is 5.56 Å². The molecule has 4 atom stereocenters. The van der Waals surface area contributed by atoms with Gasteiger partial charge < -0.3 is 19.7 Å². The predicted molar refractivity (Wildman–Crippen MR) is 124 cm³/mol. The van der Waals surface area contributed by atoms with E-state index in [9.17, 15) is 19.8 Å². The molecule has 1 aromatic heterocycles. The van der Waals surface area contributed by atoms with Gasteiger partial charge in [-0.05, 0) is 57.0 Å². The molecular formula is C23H21IN2O6. The van der Waals surface area contributed by atoms with E-state index in [0.29, 0.717) is 6.42 Å². The Labute approximate surface area is 196 Å². The monoisotopic (exact) mass is 548 g/mol. The standard InChI is InChI=1S/C23H21IN2O6/c24-15-8-14-12-31-23(10-17(14)16(9-15)13-4-2-1-3-5-13)18(11-27)32-21(20(23)29)26-7-6-19(28)25-22(26)30/h1-9,18,20-21,27,29H,10-12H2,(H,25,28,30)/t18-,20+,21-,23-/m1/s1. The van der Waals surface area contributed by atoms with Crippen molar-refractivity contribution in [3.63, 3.8) is 0 Å². The fraction of sp³-hybridized carbons (Fsp3) is 0.304. The third kappa shape index (κ3) is 3.44. The van der Waals surface area contributed by atoms with Gasteiger partial charge in [-0.15, -0.1) is 0 Å². The van der Waals surface area contributed by atoms with Crippen LogP contribution in [0.5, 0.6) is 0 Å². The van der Waals surface area contributed by atoms with E-state index in [2.05, 4.69) is 39.7 Å². The Balaban J connectivity index is 1.60. The highest BCUT2D eigenvalue weighted by atomic mass is 127. The molecule has 1 spiro atoms. The number of halogens is 1. The van der Waals surface area contributed by atoms with Crippen molar-refractivity contribution in [1.82, 2.24) is 9.55 Å². The molecule has 0 saturated carbocycles. The lowest BCUT2D eigenvalue weighted by Crippen LogP contribution is -2.55. The fourth-order valence-electron chi connectivity index (χ4n) is 4.67. The molecule has 3 aromatic rings. The quantitative estimate of drug-likeness (QED) is 0.429. The third-order valence-corrected chi connectivity index (χ3v) is 6.87. The largest absolute Gasteiger partial charge is 0.394 e. The van der Waals surface area contributed by atoms with Gasteiger partial charge in [0, 0.05) is 22.3 Å². The molecule has 2 aliphatic heterocycles. The van der Waals surface area contributed by atoms with E-state index in [1.165, 1.54) is 12.3 Å². The normalized spacial score (nSPS) is 26.9. The van der Waals surface area contributed by atoms with Gasteiger partial charge >= 0.3 is 5.69 Å². The van der Waals surface area contributed by atoms with Gasteiger partial charge in [-0.25, -0.2) is 4.79 Å². The number of hydrogen-bond donors (Lipinski definition) is 3. The van der Waals surface area contributed by atoms with Gasteiger partial charge in [-0.2, -0.15) is 0 Å². The lowest BCUT2D eigenvalue weighted by Gasteiger charge is -2.40. The molecule has 9 heteroatoms. The van der Waals surface area contributed by atoms with Gasteiger partial charge in [-0.1, -0.05) is 30.3 Å².